The number of pyridine rings is 1. The van der Waals surface area contributed by atoms with Crippen molar-refractivity contribution in [1.82, 2.24) is 20.2 Å². The summed E-state index contributed by atoms with van der Waals surface area (Å²) in [5.74, 6) is 0.601. The van der Waals surface area contributed by atoms with Gasteiger partial charge in [-0.3, -0.25) is 9.00 Å². The molecule has 184 valence electrons. The van der Waals surface area contributed by atoms with E-state index in [-0.39, 0.29) is 5.91 Å². The molecule has 3 N–H and O–H groups in total. The normalized spacial score (nSPS) is 13.8. The minimum atomic E-state index is -1.12. The first-order chi connectivity index (χ1) is 16.9. The second-order valence-electron chi connectivity index (χ2n) is 8.84. The lowest BCUT2D eigenvalue weighted by Crippen LogP contribution is -2.32. The molecule has 1 aliphatic rings. The SMILES string of the molecule is CCCCS(=O)C1=C(N)c2c(-c3ccc(CNC(=O)CN(C)C)cc3)cc(-c3nccs3)nc2C1. The first-order valence-corrected chi connectivity index (χ1v) is 13.9. The number of carbonyl (C=O) groups excluding carboxylic acids is 1. The Labute approximate surface area is 212 Å². The molecule has 9 heteroatoms. The molecule has 2 aromatic heterocycles. The van der Waals surface area contributed by atoms with Gasteiger partial charge in [0.2, 0.25) is 5.91 Å². The quantitative estimate of drug-likeness (QED) is 0.431. The number of nitrogens with two attached hydrogens (primary N) is 1. The van der Waals surface area contributed by atoms with Crippen molar-refractivity contribution < 1.29 is 9.00 Å². The summed E-state index contributed by atoms with van der Waals surface area (Å²) in [4.78, 5) is 23.9. The van der Waals surface area contributed by atoms with Gasteiger partial charge in [0.25, 0.3) is 0 Å². The Balaban J connectivity index is 1.67. The van der Waals surface area contributed by atoms with Crippen LogP contribution < -0.4 is 11.1 Å². The summed E-state index contributed by atoms with van der Waals surface area (Å²) in [6, 6.07) is 10.1. The standard InChI is InChI=1S/C26H31N5O2S2/c1-4-5-12-35(33)22-14-20-24(25(22)27)19(13-21(30-20)26-28-10-11-34-26)18-8-6-17(7-9-18)15-29-23(32)16-31(2)3/h6-11,13H,4-5,12,14-16,27H2,1-3H3,(H,29,32). The van der Waals surface area contributed by atoms with Crippen molar-refractivity contribution in [3.8, 4) is 21.8 Å². The molecule has 35 heavy (non-hydrogen) atoms. The molecule has 1 amide bonds. The molecule has 0 spiro atoms. The number of nitrogens with one attached hydrogen (secondary N) is 1. The summed E-state index contributed by atoms with van der Waals surface area (Å²) in [6.45, 7) is 2.92. The highest BCUT2D eigenvalue weighted by atomic mass is 32.2. The third-order valence-corrected chi connectivity index (χ3v) is 8.19. The zero-order valence-corrected chi connectivity index (χ0v) is 22.0. The number of fused-ring (bicyclic) bond motifs is 1. The predicted octanol–water partition coefficient (Wildman–Crippen LogP) is 3.78. The number of benzene rings is 1. The van der Waals surface area contributed by atoms with Gasteiger partial charge in [-0.15, -0.1) is 11.3 Å². The molecule has 4 rings (SSSR count). The summed E-state index contributed by atoms with van der Waals surface area (Å²) < 4.78 is 13.0. The molecule has 1 unspecified atom stereocenters. The second kappa shape index (κ2) is 11.2. The molecule has 1 aromatic carbocycles. The summed E-state index contributed by atoms with van der Waals surface area (Å²) in [6.07, 6.45) is 4.16. The number of allylic oxidation sites excluding steroid dienone is 1. The minimum absolute atomic E-state index is 0.0133. The lowest BCUT2D eigenvalue weighted by atomic mass is 9.97. The number of thiazole rings is 1. The van der Waals surface area contributed by atoms with Gasteiger partial charge < -0.3 is 16.0 Å². The third-order valence-electron chi connectivity index (χ3n) is 5.82. The van der Waals surface area contributed by atoms with Crippen LogP contribution in [0.4, 0.5) is 0 Å². The van der Waals surface area contributed by atoms with Crippen LogP contribution in [0, 0.1) is 0 Å². The van der Waals surface area contributed by atoms with Crippen LogP contribution in [-0.2, 0) is 28.6 Å². The van der Waals surface area contributed by atoms with Crippen molar-refractivity contribution in [2.24, 2.45) is 5.73 Å². The molecule has 0 bridgehead atoms. The Kier molecular flexibility index (Phi) is 8.10. The minimum Gasteiger partial charge on any atom is -0.397 e. The highest BCUT2D eigenvalue weighted by Crippen LogP contribution is 2.40. The van der Waals surface area contributed by atoms with Crippen LogP contribution in [0.15, 0.2) is 46.8 Å². The van der Waals surface area contributed by atoms with Crippen molar-refractivity contribution in [2.75, 3.05) is 26.4 Å². The lowest BCUT2D eigenvalue weighted by molar-refractivity contribution is -0.121. The van der Waals surface area contributed by atoms with Gasteiger partial charge in [0.05, 0.1) is 34.4 Å². The highest BCUT2D eigenvalue weighted by molar-refractivity contribution is 7.89. The van der Waals surface area contributed by atoms with Crippen LogP contribution in [0.1, 0.15) is 36.6 Å². The van der Waals surface area contributed by atoms with Gasteiger partial charge in [0.15, 0.2) is 0 Å². The van der Waals surface area contributed by atoms with Crippen LogP contribution in [0.25, 0.3) is 27.5 Å². The number of aromatic nitrogens is 2. The Morgan fingerprint density at radius 1 is 1.26 bits per heavy atom. The molecule has 0 aliphatic heterocycles. The molecule has 0 saturated carbocycles. The number of carbonyl (C=O) groups is 1. The first kappa shape index (κ1) is 25.2. The van der Waals surface area contributed by atoms with E-state index in [1.54, 1.807) is 6.20 Å². The lowest BCUT2D eigenvalue weighted by Gasteiger charge is -2.13. The maximum absolute atomic E-state index is 13.0. The van der Waals surface area contributed by atoms with Crippen molar-refractivity contribution in [3.63, 3.8) is 0 Å². The highest BCUT2D eigenvalue weighted by Gasteiger charge is 2.29. The average molecular weight is 510 g/mol. The molecule has 1 atom stereocenters. The van der Waals surface area contributed by atoms with Crippen molar-refractivity contribution >= 4 is 33.7 Å². The average Bonchev–Trinajstić information content (AvgIpc) is 3.49. The summed E-state index contributed by atoms with van der Waals surface area (Å²) in [5.41, 5.74) is 12.7. The molecule has 7 nitrogen and oxygen atoms in total. The number of hydrogen-bond acceptors (Lipinski definition) is 7. The predicted molar refractivity (Wildman–Crippen MR) is 144 cm³/mol. The van der Waals surface area contributed by atoms with E-state index in [4.69, 9.17) is 10.7 Å². The van der Waals surface area contributed by atoms with E-state index in [0.29, 0.717) is 31.0 Å². The number of rotatable bonds is 10. The van der Waals surface area contributed by atoms with E-state index in [0.717, 1.165) is 56.4 Å². The Bertz CT molecular complexity index is 1250. The molecule has 3 aromatic rings. The smallest absolute Gasteiger partial charge is 0.234 e. The Morgan fingerprint density at radius 3 is 2.69 bits per heavy atom. The van der Waals surface area contributed by atoms with Gasteiger partial charge in [0, 0.05) is 40.8 Å². The number of likely N-dealkylation sites (N-methyl/N-ethyl adjacent to an activating group) is 1. The third kappa shape index (κ3) is 5.86. The van der Waals surface area contributed by atoms with Crippen LogP contribution in [0.3, 0.4) is 0 Å². The topological polar surface area (TPSA) is 101 Å². The fraction of sp³-hybridized carbons (Fsp3) is 0.346. The van der Waals surface area contributed by atoms with E-state index in [9.17, 15) is 9.00 Å². The van der Waals surface area contributed by atoms with Gasteiger partial charge in [-0.25, -0.2) is 9.97 Å². The van der Waals surface area contributed by atoms with Gasteiger partial charge in [-0.2, -0.15) is 0 Å². The molecule has 1 aliphatic carbocycles. The largest absolute Gasteiger partial charge is 0.397 e. The molecule has 2 heterocycles. The van der Waals surface area contributed by atoms with Crippen LogP contribution in [0.2, 0.25) is 0 Å². The fourth-order valence-corrected chi connectivity index (χ4v) is 6.09. The van der Waals surface area contributed by atoms with Crippen LogP contribution in [-0.4, -0.2) is 51.4 Å². The second-order valence-corrected chi connectivity index (χ2v) is 11.3. The molecule has 0 saturated heterocycles. The molecular weight excluding hydrogens is 478 g/mol. The molecular formula is C26H31N5O2S2. The van der Waals surface area contributed by atoms with Gasteiger partial charge in [0.1, 0.15) is 5.01 Å². The maximum atomic E-state index is 13.0. The van der Waals surface area contributed by atoms with E-state index < -0.39 is 10.8 Å². The fourth-order valence-electron chi connectivity index (χ4n) is 4.05. The van der Waals surface area contributed by atoms with E-state index >= 15 is 0 Å². The van der Waals surface area contributed by atoms with Gasteiger partial charge >= 0.3 is 0 Å². The molecule has 0 fully saturated rings. The summed E-state index contributed by atoms with van der Waals surface area (Å²) in [5, 5.41) is 5.71. The maximum Gasteiger partial charge on any atom is 0.234 e. The van der Waals surface area contributed by atoms with Crippen molar-refractivity contribution in [1.29, 1.82) is 0 Å². The van der Waals surface area contributed by atoms with Crippen molar-refractivity contribution in [2.45, 2.75) is 32.7 Å². The number of amides is 1. The summed E-state index contributed by atoms with van der Waals surface area (Å²) in [7, 11) is 2.62. The Morgan fingerprint density at radius 2 is 2.03 bits per heavy atom. The van der Waals surface area contributed by atoms with E-state index in [2.05, 4.69) is 17.2 Å². The van der Waals surface area contributed by atoms with Gasteiger partial charge in [-0.05, 0) is 43.3 Å². The van der Waals surface area contributed by atoms with E-state index in [1.165, 1.54) is 11.3 Å². The van der Waals surface area contributed by atoms with Crippen LogP contribution >= 0.6 is 11.3 Å². The molecule has 0 radical (unpaired) electrons. The monoisotopic (exact) mass is 509 g/mol. The number of hydrogen-bond donors (Lipinski definition) is 2. The summed E-state index contributed by atoms with van der Waals surface area (Å²) >= 11 is 1.54. The van der Waals surface area contributed by atoms with Crippen LogP contribution in [0.5, 0.6) is 0 Å². The number of nitrogens with zero attached hydrogens (tertiary/aromatic N) is 3. The van der Waals surface area contributed by atoms with E-state index in [1.807, 2.05) is 54.7 Å². The number of unbranched alkanes of at least 4 members (excludes halogenated alkanes) is 1. The first-order valence-electron chi connectivity index (χ1n) is 11.7. The Hall–Kier alpha value is -2.88. The van der Waals surface area contributed by atoms with Crippen molar-refractivity contribution in [3.05, 3.63) is 63.6 Å². The zero-order valence-electron chi connectivity index (χ0n) is 20.3. The zero-order chi connectivity index (χ0) is 24.9. The van der Waals surface area contributed by atoms with Gasteiger partial charge in [-0.1, -0.05) is 37.6 Å².